The summed E-state index contributed by atoms with van der Waals surface area (Å²) in [6, 6.07) is 2.13. The number of methoxy groups -OCH3 is 1. The second kappa shape index (κ2) is 12.3. The first-order valence-electron chi connectivity index (χ1n) is 12.5. The third kappa shape index (κ3) is 6.44. The summed E-state index contributed by atoms with van der Waals surface area (Å²) < 4.78 is 6.88. The van der Waals surface area contributed by atoms with Crippen molar-refractivity contribution in [2.45, 2.75) is 39.8 Å². The van der Waals surface area contributed by atoms with Crippen LogP contribution in [0.2, 0.25) is 0 Å². The molecule has 4 heterocycles. The van der Waals surface area contributed by atoms with Crippen molar-refractivity contribution < 1.29 is 14.3 Å². The molecule has 1 fully saturated rings. The fourth-order valence-corrected chi connectivity index (χ4v) is 5.20. The average Bonchev–Trinajstić information content (AvgIpc) is 3.53. The number of nitrogens with zero attached hydrogens (tertiary/aromatic N) is 5. The lowest BCUT2D eigenvalue weighted by atomic mass is 9.92. The van der Waals surface area contributed by atoms with E-state index in [-0.39, 0.29) is 11.5 Å². The Kier molecular flexibility index (Phi) is 8.87. The van der Waals surface area contributed by atoms with Crippen LogP contribution in [0.25, 0.3) is 16.0 Å². The quantitative estimate of drug-likeness (QED) is 0.317. The highest BCUT2D eigenvalue weighted by atomic mass is 32.1. The van der Waals surface area contributed by atoms with Crippen LogP contribution in [0.15, 0.2) is 37.1 Å². The Hall–Kier alpha value is -3.61. The topological polar surface area (TPSA) is 140 Å². The van der Waals surface area contributed by atoms with Crippen LogP contribution in [0.4, 0.5) is 11.4 Å². The molecule has 2 amide bonds. The minimum atomic E-state index is -0.419. The van der Waals surface area contributed by atoms with Gasteiger partial charge >= 0.3 is 0 Å². The maximum atomic E-state index is 13.1. The first kappa shape index (κ1) is 27.4. The number of hydrogen-bond acceptors (Lipinski definition) is 9. The smallest absolute Gasteiger partial charge is 0.260 e. The third-order valence-electron chi connectivity index (χ3n) is 6.51. The Balaban J connectivity index is 1.41. The number of pyridine rings is 1. The maximum absolute atomic E-state index is 13.1. The van der Waals surface area contributed by atoms with Gasteiger partial charge < -0.3 is 21.1 Å². The number of nitrogens with one attached hydrogen (secondary N) is 2. The number of carbonyl (C=O) groups excluding carboxylic acids is 2. The van der Waals surface area contributed by atoms with E-state index >= 15 is 0 Å². The van der Waals surface area contributed by atoms with Crippen molar-refractivity contribution in [1.82, 2.24) is 24.6 Å². The second-order valence-electron chi connectivity index (χ2n) is 9.52. The van der Waals surface area contributed by atoms with E-state index in [1.165, 1.54) is 17.5 Å². The summed E-state index contributed by atoms with van der Waals surface area (Å²) >= 11 is 1.34. The van der Waals surface area contributed by atoms with Gasteiger partial charge in [-0.25, -0.2) is 4.98 Å². The van der Waals surface area contributed by atoms with E-state index < -0.39 is 5.91 Å². The fourth-order valence-electron chi connectivity index (χ4n) is 4.29. The molecule has 3 aromatic heterocycles. The van der Waals surface area contributed by atoms with Gasteiger partial charge in [0.1, 0.15) is 5.01 Å². The molecule has 1 aliphatic heterocycles. The average molecular weight is 539 g/mol. The predicted molar refractivity (Wildman–Crippen MR) is 148 cm³/mol. The number of aryl methyl sites for hydroxylation is 1. The zero-order valence-corrected chi connectivity index (χ0v) is 22.9. The van der Waals surface area contributed by atoms with Gasteiger partial charge in [0.15, 0.2) is 0 Å². The van der Waals surface area contributed by atoms with Crippen LogP contribution in [0.5, 0.6) is 0 Å². The van der Waals surface area contributed by atoms with E-state index in [4.69, 9.17) is 10.5 Å². The number of nitrogens with two attached hydrogens (primary N) is 1. The highest BCUT2D eigenvalue weighted by Crippen LogP contribution is 2.30. The summed E-state index contributed by atoms with van der Waals surface area (Å²) in [7, 11) is 1.64. The molecule has 12 heteroatoms. The van der Waals surface area contributed by atoms with Gasteiger partial charge in [-0.05, 0) is 25.3 Å². The number of thiazole rings is 1. The summed E-state index contributed by atoms with van der Waals surface area (Å²) in [5.74, 6) is -0.0173. The van der Waals surface area contributed by atoms with E-state index in [9.17, 15) is 9.59 Å². The second-order valence-corrected chi connectivity index (χ2v) is 10.6. The summed E-state index contributed by atoms with van der Waals surface area (Å²) in [5, 5.41) is 10.6. The largest absolute Gasteiger partial charge is 0.404 e. The Morgan fingerprint density at radius 1 is 1.26 bits per heavy atom. The normalized spacial score (nSPS) is 15.9. The first-order chi connectivity index (χ1) is 18.3. The predicted octanol–water partition coefficient (Wildman–Crippen LogP) is 2.96. The summed E-state index contributed by atoms with van der Waals surface area (Å²) in [4.78, 5) is 37.5. The number of carbonyl (C=O) groups is 2. The molecule has 1 unspecified atom stereocenters. The van der Waals surface area contributed by atoms with Crippen molar-refractivity contribution in [2.75, 3.05) is 37.4 Å². The molecule has 0 bridgehead atoms. The van der Waals surface area contributed by atoms with E-state index in [0.29, 0.717) is 53.7 Å². The lowest BCUT2D eigenvalue weighted by Crippen LogP contribution is -2.53. The van der Waals surface area contributed by atoms with Crippen molar-refractivity contribution in [1.29, 1.82) is 0 Å². The van der Waals surface area contributed by atoms with Crippen LogP contribution in [0.1, 0.15) is 31.0 Å². The number of aromatic nitrogens is 4. The monoisotopic (exact) mass is 538 g/mol. The minimum Gasteiger partial charge on any atom is -0.404 e. The van der Waals surface area contributed by atoms with Gasteiger partial charge in [0, 0.05) is 43.9 Å². The third-order valence-corrected chi connectivity index (χ3v) is 7.59. The number of hydrogen-bond donors (Lipinski definition) is 3. The molecule has 1 saturated heterocycles. The van der Waals surface area contributed by atoms with Crippen LogP contribution >= 0.6 is 11.3 Å². The molecule has 1 atom stereocenters. The van der Waals surface area contributed by atoms with Crippen LogP contribution in [-0.2, 0) is 20.9 Å². The first-order valence-corrected chi connectivity index (χ1v) is 13.3. The Morgan fingerprint density at radius 3 is 2.76 bits per heavy atom. The van der Waals surface area contributed by atoms with Gasteiger partial charge in [-0.1, -0.05) is 13.8 Å². The number of likely N-dealkylation sites (tertiary alicyclic amines) is 1. The Bertz CT molecular complexity index is 1320. The molecule has 0 aliphatic carbocycles. The number of ether oxygens (including phenoxy) is 1. The molecule has 11 nitrogen and oxygen atoms in total. The summed E-state index contributed by atoms with van der Waals surface area (Å²) in [6.07, 6.45) is 9.29. The van der Waals surface area contributed by atoms with E-state index in [2.05, 4.69) is 44.4 Å². The molecule has 38 heavy (non-hydrogen) atoms. The molecule has 0 spiro atoms. The van der Waals surface area contributed by atoms with Crippen LogP contribution in [0.3, 0.4) is 0 Å². The van der Waals surface area contributed by atoms with Crippen molar-refractivity contribution in [3.63, 3.8) is 0 Å². The molecule has 1 aliphatic rings. The molecular formula is C26H34N8O3S. The van der Waals surface area contributed by atoms with Crippen LogP contribution in [-0.4, -0.2) is 69.3 Å². The maximum Gasteiger partial charge on any atom is 0.260 e. The Morgan fingerprint density at radius 2 is 2.08 bits per heavy atom. The lowest BCUT2D eigenvalue weighted by molar-refractivity contribution is -0.119. The summed E-state index contributed by atoms with van der Waals surface area (Å²) in [5.41, 5.74) is 8.56. The Labute approximate surface area is 226 Å². The fraction of sp³-hybridized carbons (Fsp3) is 0.423. The molecular weight excluding hydrogens is 504 g/mol. The summed E-state index contributed by atoms with van der Waals surface area (Å²) in [6.45, 7) is 8.57. The van der Waals surface area contributed by atoms with Crippen molar-refractivity contribution in [3.05, 3.63) is 47.8 Å². The zero-order chi connectivity index (χ0) is 27.2. The van der Waals surface area contributed by atoms with Crippen LogP contribution < -0.4 is 16.4 Å². The SMILES string of the molecule is COCCn1cc(-c2cnc(/C(=C\N)C(=O)Nc3cc(NC(=O)CN4CCC4C(C)C)cnc3C)s2)cn1. The van der Waals surface area contributed by atoms with E-state index in [0.717, 1.165) is 23.4 Å². The van der Waals surface area contributed by atoms with Gasteiger partial charge in [-0.3, -0.25) is 24.2 Å². The van der Waals surface area contributed by atoms with Crippen LogP contribution in [0, 0.1) is 12.8 Å². The molecule has 4 rings (SSSR count). The highest BCUT2D eigenvalue weighted by molar-refractivity contribution is 7.16. The van der Waals surface area contributed by atoms with Gasteiger partial charge in [-0.2, -0.15) is 5.10 Å². The van der Waals surface area contributed by atoms with Gasteiger partial charge in [-0.15, -0.1) is 11.3 Å². The molecule has 0 saturated carbocycles. The molecule has 0 radical (unpaired) electrons. The van der Waals surface area contributed by atoms with Crippen molar-refractivity contribution in [3.8, 4) is 10.4 Å². The van der Waals surface area contributed by atoms with Crippen molar-refractivity contribution >= 4 is 40.1 Å². The van der Waals surface area contributed by atoms with E-state index in [1.54, 1.807) is 43.4 Å². The van der Waals surface area contributed by atoms with E-state index in [1.807, 2.05) is 6.20 Å². The van der Waals surface area contributed by atoms with Gasteiger partial charge in [0.25, 0.3) is 5.91 Å². The lowest BCUT2D eigenvalue weighted by Gasteiger charge is -2.43. The van der Waals surface area contributed by atoms with Gasteiger partial charge in [0.05, 0.1) is 59.6 Å². The molecule has 0 aromatic carbocycles. The standard InChI is InChI=1S/C26H34N8O3S/c1-16(2)22-5-6-33(22)15-24(35)31-19-9-21(17(3)28-12-19)32-25(36)20(10-27)26-29-13-23(38-26)18-11-30-34(14-18)7-8-37-4/h9-14,16,22H,5-8,15,27H2,1-4H3,(H,31,35)(H,32,36)/b20-10-. The zero-order valence-electron chi connectivity index (χ0n) is 22.1. The highest BCUT2D eigenvalue weighted by Gasteiger charge is 2.31. The number of amides is 2. The molecule has 4 N–H and O–H groups in total. The number of rotatable bonds is 11. The van der Waals surface area contributed by atoms with Gasteiger partial charge in [0.2, 0.25) is 5.91 Å². The molecule has 3 aromatic rings. The molecule has 202 valence electrons. The minimum absolute atomic E-state index is 0.110. The van der Waals surface area contributed by atoms with Crippen molar-refractivity contribution in [2.24, 2.45) is 11.7 Å². The number of anilines is 2.